The zero-order valence-corrected chi connectivity index (χ0v) is 8.97. The first-order chi connectivity index (χ1) is 5.97. The molecule has 0 aromatic heterocycles. The summed E-state index contributed by atoms with van der Waals surface area (Å²) >= 11 is 4.16. The third-order valence-electron chi connectivity index (χ3n) is 1.22. The predicted octanol–water partition coefficient (Wildman–Crippen LogP) is 3.08. The minimum absolute atomic E-state index is 0.292. The molecule has 2 nitrogen and oxygen atoms in total. The van der Waals surface area contributed by atoms with Crippen LogP contribution in [-0.2, 0) is 4.89 Å². The molecule has 0 atom stereocenters. The van der Waals surface area contributed by atoms with Gasteiger partial charge in [0.05, 0.1) is 0 Å². The predicted molar refractivity (Wildman–Crippen MR) is 55.2 cm³/mol. The van der Waals surface area contributed by atoms with Crippen LogP contribution in [0.1, 0.15) is 20.8 Å². The quantitative estimate of drug-likeness (QED) is 0.447. The van der Waals surface area contributed by atoms with E-state index < -0.39 is 0 Å². The van der Waals surface area contributed by atoms with Gasteiger partial charge in [0.15, 0.2) is 5.75 Å². The van der Waals surface area contributed by atoms with Crippen LogP contribution in [0.3, 0.4) is 0 Å². The molecule has 3 heteroatoms. The highest BCUT2D eigenvalue weighted by molar-refractivity contribution is 7.80. The van der Waals surface area contributed by atoms with Crippen molar-refractivity contribution in [2.45, 2.75) is 31.3 Å². The molecule has 0 unspecified atom stereocenters. The Bertz CT molecular complexity index is 261. The number of thiol groups is 1. The highest BCUT2D eigenvalue weighted by Gasteiger charge is 2.12. The van der Waals surface area contributed by atoms with Gasteiger partial charge in [-0.1, -0.05) is 0 Å². The van der Waals surface area contributed by atoms with Gasteiger partial charge < -0.3 is 4.89 Å². The van der Waals surface area contributed by atoms with E-state index in [0.29, 0.717) is 5.75 Å². The van der Waals surface area contributed by atoms with Gasteiger partial charge in [0.1, 0.15) is 5.60 Å². The molecule has 0 bridgehead atoms. The van der Waals surface area contributed by atoms with Gasteiger partial charge in [-0.05, 0) is 45.0 Å². The van der Waals surface area contributed by atoms with Crippen molar-refractivity contribution in [1.82, 2.24) is 0 Å². The second-order valence-corrected chi connectivity index (χ2v) is 4.29. The van der Waals surface area contributed by atoms with Gasteiger partial charge in [-0.15, -0.1) is 12.6 Å². The van der Waals surface area contributed by atoms with Crippen molar-refractivity contribution >= 4 is 12.6 Å². The molecule has 72 valence electrons. The lowest BCUT2D eigenvalue weighted by Gasteiger charge is -2.17. The minimum Gasteiger partial charge on any atom is -0.337 e. The van der Waals surface area contributed by atoms with E-state index in [-0.39, 0.29) is 5.60 Å². The summed E-state index contributed by atoms with van der Waals surface area (Å²) in [6.07, 6.45) is 0. The Balaban J connectivity index is 2.51. The molecule has 0 fully saturated rings. The normalized spacial score (nSPS) is 11.4. The number of benzene rings is 1. The first-order valence-electron chi connectivity index (χ1n) is 4.12. The Morgan fingerprint density at radius 2 is 1.62 bits per heavy atom. The van der Waals surface area contributed by atoms with Crippen LogP contribution in [0.4, 0.5) is 0 Å². The summed E-state index contributed by atoms with van der Waals surface area (Å²) < 4.78 is 0. The van der Waals surface area contributed by atoms with E-state index in [1.807, 2.05) is 45.0 Å². The van der Waals surface area contributed by atoms with E-state index in [0.717, 1.165) is 4.90 Å². The molecular formula is C10H14O2S. The van der Waals surface area contributed by atoms with Crippen LogP contribution in [0, 0.1) is 0 Å². The summed E-state index contributed by atoms with van der Waals surface area (Å²) in [5.41, 5.74) is -0.292. The fraction of sp³-hybridized carbons (Fsp3) is 0.400. The molecule has 0 amide bonds. The summed E-state index contributed by atoms with van der Waals surface area (Å²) in [5, 5.41) is 0. The molecule has 0 spiro atoms. The second-order valence-electron chi connectivity index (χ2n) is 3.77. The number of hydrogen-bond acceptors (Lipinski definition) is 3. The second kappa shape index (κ2) is 4.03. The summed E-state index contributed by atoms with van der Waals surface area (Å²) in [5.74, 6) is 0.688. The summed E-state index contributed by atoms with van der Waals surface area (Å²) in [7, 11) is 0. The molecule has 0 saturated carbocycles. The fourth-order valence-electron chi connectivity index (χ4n) is 0.675. The SMILES string of the molecule is CC(C)(C)OOc1ccc(S)cc1. The van der Waals surface area contributed by atoms with E-state index in [1.54, 1.807) is 0 Å². The Labute approximate surface area is 84.2 Å². The Hall–Kier alpha value is -0.670. The molecule has 1 aromatic rings. The molecule has 13 heavy (non-hydrogen) atoms. The van der Waals surface area contributed by atoms with Crippen LogP contribution in [0.15, 0.2) is 29.2 Å². The number of rotatable bonds is 2. The van der Waals surface area contributed by atoms with Crippen LogP contribution in [0.25, 0.3) is 0 Å². The maximum absolute atomic E-state index is 5.13. The topological polar surface area (TPSA) is 18.5 Å². The first kappa shape index (κ1) is 10.4. The summed E-state index contributed by atoms with van der Waals surface area (Å²) in [6.45, 7) is 5.79. The highest BCUT2D eigenvalue weighted by atomic mass is 32.1. The van der Waals surface area contributed by atoms with Crippen LogP contribution < -0.4 is 4.89 Å². The van der Waals surface area contributed by atoms with Gasteiger partial charge in [-0.3, -0.25) is 0 Å². The van der Waals surface area contributed by atoms with Crippen LogP contribution in [-0.4, -0.2) is 5.60 Å². The van der Waals surface area contributed by atoms with Gasteiger partial charge in [-0.2, -0.15) is 4.89 Å². The third kappa shape index (κ3) is 4.20. The van der Waals surface area contributed by atoms with Crippen molar-refractivity contribution in [3.05, 3.63) is 24.3 Å². The minimum atomic E-state index is -0.292. The zero-order chi connectivity index (χ0) is 9.90. The molecule has 0 saturated heterocycles. The molecule has 1 aromatic carbocycles. The van der Waals surface area contributed by atoms with Gasteiger partial charge in [0.2, 0.25) is 0 Å². The first-order valence-corrected chi connectivity index (χ1v) is 4.57. The van der Waals surface area contributed by atoms with Crippen LogP contribution in [0.2, 0.25) is 0 Å². The molecule has 0 radical (unpaired) electrons. The molecule has 0 aliphatic heterocycles. The zero-order valence-electron chi connectivity index (χ0n) is 8.07. The smallest absolute Gasteiger partial charge is 0.165 e. The molecular weight excluding hydrogens is 184 g/mol. The van der Waals surface area contributed by atoms with Crippen molar-refractivity contribution in [3.63, 3.8) is 0 Å². The third-order valence-corrected chi connectivity index (χ3v) is 1.52. The number of hydrogen-bond donors (Lipinski definition) is 1. The summed E-state index contributed by atoms with van der Waals surface area (Å²) in [6, 6.07) is 7.33. The summed E-state index contributed by atoms with van der Waals surface area (Å²) in [4.78, 5) is 11.1. The fourth-order valence-corrected chi connectivity index (χ4v) is 0.824. The van der Waals surface area contributed by atoms with E-state index in [1.165, 1.54) is 0 Å². The lowest BCUT2D eigenvalue weighted by atomic mass is 10.2. The largest absolute Gasteiger partial charge is 0.337 e. The average molecular weight is 198 g/mol. The van der Waals surface area contributed by atoms with Crippen LogP contribution in [0.5, 0.6) is 5.75 Å². The van der Waals surface area contributed by atoms with E-state index in [2.05, 4.69) is 12.6 Å². The van der Waals surface area contributed by atoms with Crippen LogP contribution >= 0.6 is 12.6 Å². The van der Waals surface area contributed by atoms with E-state index in [4.69, 9.17) is 9.78 Å². The van der Waals surface area contributed by atoms with Crippen molar-refractivity contribution < 1.29 is 9.78 Å². The molecule has 0 N–H and O–H groups in total. The van der Waals surface area contributed by atoms with E-state index >= 15 is 0 Å². The average Bonchev–Trinajstić information content (AvgIpc) is 2.02. The molecule has 1 rings (SSSR count). The van der Waals surface area contributed by atoms with Crippen molar-refractivity contribution in [1.29, 1.82) is 0 Å². The Kier molecular flexibility index (Phi) is 3.22. The monoisotopic (exact) mass is 198 g/mol. The molecule has 0 heterocycles. The lowest BCUT2D eigenvalue weighted by molar-refractivity contribution is -0.274. The van der Waals surface area contributed by atoms with Gasteiger partial charge in [0, 0.05) is 4.90 Å². The Morgan fingerprint density at radius 3 is 2.08 bits per heavy atom. The maximum atomic E-state index is 5.13. The Morgan fingerprint density at radius 1 is 1.08 bits per heavy atom. The van der Waals surface area contributed by atoms with Gasteiger partial charge >= 0.3 is 0 Å². The van der Waals surface area contributed by atoms with Crippen molar-refractivity contribution in [3.8, 4) is 5.75 Å². The van der Waals surface area contributed by atoms with E-state index in [9.17, 15) is 0 Å². The van der Waals surface area contributed by atoms with Gasteiger partial charge in [-0.25, -0.2) is 0 Å². The molecule has 0 aliphatic rings. The van der Waals surface area contributed by atoms with Gasteiger partial charge in [0.25, 0.3) is 0 Å². The standard InChI is InChI=1S/C10H14O2S/c1-10(2,3)12-11-8-4-6-9(13)7-5-8/h4-7,13H,1-3H3. The van der Waals surface area contributed by atoms with Crippen molar-refractivity contribution in [2.24, 2.45) is 0 Å². The molecule has 0 aliphatic carbocycles. The van der Waals surface area contributed by atoms with Crippen molar-refractivity contribution in [2.75, 3.05) is 0 Å². The highest BCUT2D eigenvalue weighted by Crippen LogP contribution is 2.17. The lowest BCUT2D eigenvalue weighted by Crippen LogP contribution is -2.21. The maximum Gasteiger partial charge on any atom is 0.165 e.